The van der Waals surface area contributed by atoms with Gasteiger partial charge in [0.05, 0.1) is 0 Å². The lowest BCUT2D eigenvalue weighted by Crippen LogP contribution is -2.25. The first-order chi connectivity index (χ1) is 14.7. The van der Waals surface area contributed by atoms with Crippen LogP contribution in [0, 0.1) is 29.6 Å². The molecule has 0 spiro atoms. The van der Waals surface area contributed by atoms with Crippen molar-refractivity contribution >= 4 is 11.6 Å². The second-order valence-electron chi connectivity index (χ2n) is 10.8. The van der Waals surface area contributed by atoms with Crippen LogP contribution >= 0.6 is 11.6 Å². The summed E-state index contributed by atoms with van der Waals surface area (Å²) in [5.74, 6) is 5.80. The van der Waals surface area contributed by atoms with Gasteiger partial charge in [-0.15, -0.1) is 0 Å². The summed E-state index contributed by atoms with van der Waals surface area (Å²) < 4.78 is 0. The van der Waals surface area contributed by atoms with Gasteiger partial charge in [-0.3, -0.25) is 0 Å². The number of hydrogen-bond acceptors (Lipinski definition) is 0. The van der Waals surface area contributed by atoms with E-state index in [2.05, 4.69) is 43.3 Å². The van der Waals surface area contributed by atoms with E-state index in [4.69, 9.17) is 11.6 Å². The van der Waals surface area contributed by atoms with Gasteiger partial charge in [-0.1, -0.05) is 61.6 Å². The van der Waals surface area contributed by atoms with Crippen LogP contribution in [0.3, 0.4) is 0 Å². The maximum atomic E-state index is 6.06. The van der Waals surface area contributed by atoms with E-state index in [0.717, 1.165) is 40.5 Å². The Morgan fingerprint density at radius 1 is 0.700 bits per heavy atom. The molecule has 3 fully saturated rings. The zero-order chi connectivity index (χ0) is 20.8. The standard InChI is InChI=1S/C29H43Cl/c1-2-3-22-6-12-25(13-7-22)26-14-8-23(9-15-26)4-5-24-10-16-27(17-11-24)28-18-20-29(30)21-19-28/h2-3,18-27H,4-17H2,1H3. The van der Waals surface area contributed by atoms with Gasteiger partial charge in [-0.25, -0.2) is 0 Å². The van der Waals surface area contributed by atoms with Gasteiger partial charge < -0.3 is 0 Å². The van der Waals surface area contributed by atoms with Crippen molar-refractivity contribution in [3.63, 3.8) is 0 Å². The van der Waals surface area contributed by atoms with Crippen LogP contribution in [0.15, 0.2) is 36.4 Å². The third-order valence-corrected chi connectivity index (χ3v) is 9.26. The summed E-state index contributed by atoms with van der Waals surface area (Å²) in [4.78, 5) is 0. The van der Waals surface area contributed by atoms with E-state index in [1.54, 1.807) is 0 Å². The van der Waals surface area contributed by atoms with Crippen molar-refractivity contribution in [3.05, 3.63) is 47.0 Å². The average molecular weight is 427 g/mol. The molecule has 1 aromatic rings. The Morgan fingerprint density at radius 2 is 1.20 bits per heavy atom. The fourth-order valence-corrected chi connectivity index (χ4v) is 7.15. The lowest BCUT2D eigenvalue weighted by atomic mass is 9.68. The largest absolute Gasteiger partial charge is 0.0914 e. The Bertz CT molecular complexity index is 635. The highest BCUT2D eigenvalue weighted by atomic mass is 35.5. The van der Waals surface area contributed by atoms with Crippen molar-refractivity contribution in [3.8, 4) is 0 Å². The molecule has 4 rings (SSSR count). The molecule has 0 radical (unpaired) electrons. The summed E-state index contributed by atoms with van der Waals surface area (Å²) in [7, 11) is 0. The molecule has 1 heteroatoms. The first kappa shape index (κ1) is 22.4. The van der Waals surface area contributed by atoms with Gasteiger partial charge >= 0.3 is 0 Å². The Morgan fingerprint density at radius 3 is 1.73 bits per heavy atom. The Kier molecular flexibility index (Phi) is 8.39. The van der Waals surface area contributed by atoms with E-state index >= 15 is 0 Å². The van der Waals surface area contributed by atoms with Crippen LogP contribution < -0.4 is 0 Å². The summed E-state index contributed by atoms with van der Waals surface area (Å²) in [6.45, 7) is 2.18. The zero-order valence-electron chi connectivity index (χ0n) is 19.2. The molecule has 0 heterocycles. The number of rotatable bonds is 6. The number of hydrogen-bond donors (Lipinski definition) is 0. The monoisotopic (exact) mass is 426 g/mol. The van der Waals surface area contributed by atoms with E-state index in [1.807, 2.05) is 0 Å². The fourth-order valence-electron chi connectivity index (χ4n) is 7.02. The van der Waals surface area contributed by atoms with E-state index in [0.29, 0.717) is 0 Å². The van der Waals surface area contributed by atoms with Crippen molar-refractivity contribution in [1.29, 1.82) is 0 Å². The molecule has 0 saturated heterocycles. The van der Waals surface area contributed by atoms with Gasteiger partial charge in [0.15, 0.2) is 0 Å². The minimum atomic E-state index is 0.775. The zero-order valence-corrected chi connectivity index (χ0v) is 20.0. The third-order valence-electron chi connectivity index (χ3n) is 9.01. The molecule has 0 bridgehead atoms. The van der Waals surface area contributed by atoms with Gasteiger partial charge in [0, 0.05) is 5.02 Å². The first-order valence-electron chi connectivity index (χ1n) is 13.1. The smallest absolute Gasteiger partial charge is 0.0406 e. The highest BCUT2D eigenvalue weighted by molar-refractivity contribution is 6.30. The van der Waals surface area contributed by atoms with Gasteiger partial charge in [0.25, 0.3) is 0 Å². The van der Waals surface area contributed by atoms with Crippen LogP contribution in [0.1, 0.15) is 108 Å². The lowest BCUT2D eigenvalue weighted by Gasteiger charge is -2.38. The van der Waals surface area contributed by atoms with Crippen molar-refractivity contribution in [2.75, 3.05) is 0 Å². The number of benzene rings is 1. The van der Waals surface area contributed by atoms with E-state index in [1.165, 1.54) is 95.5 Å². The molecule has 0 aliphatic heterocycles. The maximum Gasteiger partial charge on any atom is 0.0406 e. The SMILES string of the molecule is CC=CC1CCC(C2CCC(CCC3CCC(c4ccc(Cl)cc4)CC3)CC2)CC1. The first-order valence-corrected chi connectivity index (χ1v) is 13.5. The second-order valence-corrected chi connectivity index (χ2v) is 11.3. The molecule has 0 unspecified atom stereocenters. The molecular weight excluding hydrogens is 384 g/mol. The molecule has 0 atom stereocenters. The summed E-state index contributed by atoms with van der Waals surface area (Å²) >= 11 is 6.06. The summed E-state index contributed by atoms with van der Waals surface area (Å²) in [6, 6.07) is 8.62. The predicted octanol–water partition coefficient (Wildman–Crippen LogP) is 9.58. The molecule has 0 N–H and O–H groups in total. The quantitative estimate of drug-likeness (QED) is 0.397. The van der Waals surface area contributed by atoms with Gasteiger partial charge in [0.2, 0.25) is 0 Å². The molecule has 166 valence electrons. The normalized spacial score (nSPS) is 35.5. The van der Waals surface area contributed by atoms with Gasteiger partial charge in [0.1, 0.15) is 0 Å². The van der Waals surface area contributed by atoms with Crippen LogP contribution in [0.25, 0.3) is 0 Å². The number of allylic oxidation sites excluding steroid dienone is 2. The van der Waals surface area contributed by atoms with E-state index < -0.39 is 0 Å². The van der Waals surface area contributed by atoms with Crippen LogP contribution in [-0.4, -0.2) is 0 Å². The van der Waals surface area contributed by atoms with Crippen molar-refractivity contribution in [2.24, 2.45) is 29.6 Å². The van der Waals surface area contributed by atoms with Crippen LogP contribution in [0.4, 0.5) is 0 Å². The van der Waals surface area contributed by atoms with Crippen molar-refractivity contribution in [1.82, 2.24) is 0 Å². The fraction of sp³-hybridized carbons (Fsp3) is 0.724. The Hall–Kier alpha value is -0.750. The molecule has 3 saturated carbocycles. The molecule has 30 heavy (non-hydrogen) atoms. The van der Waals surface area contributed by atoms with Crippen LogP contribution in [0.2, 0.25) is 5.02 Å². The van der Waals surface area contributed by atoms with Crippen LogP contribution in [0.5, 0.6) is 0 Å². The lowest BCUT2D eigenvalue weighted by molar-refractivity contribution is 0.147. The molecule has 1 aromatic carbocycles. The Labute approximate surface area is 190 Å². The minimum absolute atomic E-state index is 0.775. The maximum absolute atomic E-state index is 6.06. The minimum Gasteiger partial charge on any atom is -0.0914 e. The highest BCUT2D eigenvalue weighted by Crippen LogP contribution is 2.44. The van der Waals surface area contributed by atoms with E-state index in [-0.39, 0.29) is 0 Å². The molecule has 0 nitrogen and oxygen atoms in total. The third kappa shape index (κ3) is 6.15. The summed E-state index contributed by atoms with van der Waals surface area (Å²) in [6.07, 6.45) is 25.4. The molecule has 3 aliphatic rings. The van der Waals surface area contributed by atoms with Crippen molar-refractivity contribution < 1.29 is 0 Å². The molecular formula is C29H43Cl. The molecule has 0 aromatic heterocycles. The number of halogens is 1. The highest BCUT2D eigenvalue weighted by Gasteiger charge is 2.31. The Balaban J connectivity index is 1.12. The molecule has 0 amide bonds. The summed E-state index contributed by atoms with van der Waals surface area (Å²) in [5, 5.41) is 0.864. The average Bonchev–Trinajstić information content (AvgIpc) is 2.80. The van der Waals surface area contributed by atoms with Gasteiger partial charge in [-0.05, 0) is 124 Å². The van der Waals surface area contributed by atoms with Crippen molar-refractivity contribution in [2.45, 2.75) is 103 Å². The second kappa shape index (κ2) is 11.2. The predicted molar refractivity (Wildman–Crippen MR) is 131 cm³/mol. The van der Waals surface area contributed by atoms with Crippen LogP contribution in [-0.2, 0) is 0 Å². The summed E-state index contributed by atoms with van der Waals surface area (Å²) in [5.41, 5.74) is 1.51. The topological polar surface area (TPSA) is 0 Å². The molecule has 3 aliphatic carbocycles. The van der Waals surface area contributed by atoms with Gasteiger partial charge in [-0.2, -0.15) is 0 Å². The van der Waals surface area contributed by atoms with E-state index in [9.17, 15) is 0 Å².